The molecule has 0 aliphatic rings. The van der Waals surface area contributed by atoms with E-state index in [0.717, 1.165) is 22.7 Å². The molecule has 0 spiro atoms. The maximum absolute atomic E-state index is 5.47. The van der Waals surface area contributed by atoms with E-state index in [-0.39, 0.29) is 6.04 Å². The summed E-state index contributed by atoms with van der Waals surface area (Å²) in [5, 5.41) is 3.38. The van der Waals surface area contributed by atoms with Gasteiger partial charge < -0.3 is 9.73 Å². The first-order chi connectivity index (χ1) is 8.15. The van der Waals surface area contributed by atoms with Crippen molar-refractivity contribution in [3.63, 3.8) is 0 Å². The predicted octanol–water partition coefficient (Wildman–Crippen LogP) is 3.60. The Hall–Kier alpha value is -1.13. The van der Waals surface area contributed by atoms with Gasteiger partial charge in [-0.3, -0.25) is 0 Å². The molecule has 2 rings (SSSR count). The van der Waals surface area contributed by atoms with E-state index in [2.05, 4.69) is 38.4 Å². The molecule has 0 amide bonds. The summed E-state index contributed by atoms with van der Waals surface area (Å²) in [5.41, 5.74) is 1.24. The molecule has 2 aromatic rings. The minimum absolute atomic E-state index is 0.118. The van der Waals surface area contributed by atoms with Gasteiger partial charge in [0, 0.05) is 11.0 Å². The van der Waals surface area contributed by atoms with Gasteiger partial charge in [-0.05, 0) is 31.5 Å². The van der Waals surface area contributed by atoms with Crippen LogP contribution in [0.3, 0.4) is 0 Å². The molecule has 1 aromatic heterocycles. The van der Waals surface area contributed by atoms with Crippen molar-refractivity contribution in [3.8, 4) is 0 Å². The highest BCUT2D eigenvalue weighted by Crippen LogP contribution is 2.14. The van der Waals surface area contributed by atoms with Gasteiger partial charge in [0.25, 0.3) is 0 Å². The van der Waals surface area contributed by atoms with E-state index in [4.69, 9.17) is 4.42 Å². The van der Waals surface area contributed by atoms with Crippen LogP contribution < -0.4 is 5.32 Å². The van der Waals surface area contributed by atoms with Crippen molar-refractivity contribution in [1.82, 2.24) is 10.3 Å². The zero-order valence-electron chi connectivity index (χ0n) is 9.90. The van der Waals surface area contributed by atoms with E-state index in [0.29, 0.717) is 0 Å². The summed E-state index contributed by atoms with van der Waals surface area (Å²) in [7, 11) is 0. The van der Waals surface area contributed by atoms with Gasteiger partial charge in [0.2, 0.25) is 5.89 Å². The van der Waals surface area contributed by atoms with Crippen LogP contribution in [-0.4, -0.2) is 4.98 Å². The van der Waals surface area contributed by atoms with Crippen LogP contribution in [0, 0.1) is 6.92 Å². The molecular formula is C13H15BrN2O. The van der Waals surface area contributed by atoms with E-state index < -0.39 is 0 Å². The maximum atomic E-state index is 5.47. The van der Waals surface area contributed by atoms with Crippen molar-refractivity contribution in [3.05, 3.63) is 52.1 Å². The van der Waals surface area contributed by atoms with Crippen LogP contribution >= 0.6 is 15.9 Å². The van der Waals surface area contributed by atoms with Gasteiger partial charge in [-0.15, -0.1) is 0 Å². The second kappa shape index (κ2) is 5.47. The molecule has 1 atom stereocenters. The van der Waals surface area contributed by atoms with Gasteiger partial charge in [0.05, 0.1) is 12.2 Å². The van der Waals surface area contributed by atoms with E-state index in [1.807, 2.05) is 26.0 Å². The third-order valence-corrected chi connectivity index (χ3v) is 3.06. The lowest BCUT2D eigenvalue weighted by molar-refractivity contribution is 0.402. The van der Waals surface area contributed by atoms with Gasteiger partial charge in [-0.2, -0.15) is 0 Å². The zero-order chi connectivity index (χ0) is 12.3. The van der Waals surface area contributed by atoms with Crippen LogP contribution in [0.4, 0.5) is 0 Å². The Morgan fingerprint density at radius 2 is 2.06 bits per heavy atom. The summed E-state index contributed by atoms with van der Waals surface area (Å²) in [6.07, 6.45) is 1.74. The van der Waals surface area contributed by atoms with Gasteiger partial charge in [-0.1, -0.05) is 28.1 Å². The van der Waals surface area contributed by atoms with Crippen molar-refractivity contribution < 1.29 is 4.42 Å². The molecule has 90 valence electrons. The highest BCUT2D eigenvalue weighted by molar-refractivity contribution is 9.10. The topological polar surface area (TPSA) is 38.1 Å². The number of oxazole rings is 1. The van der Waals surface area contributed by atoms with Crippen LogP contribution in [0.1, 0.15) is 30.2 Å². The van der Waals surface area contributed by atoms with Crippen molar-refractivity contribution in [2.24, 2.45) is 0 Å². The largest absolute Gasteiger partial charge is 0.444 e. The highest BCUT2D eigenvalue weighted by atomic mass is 79.9. The summed E-state index contributed by atoms with van der Waals surface area (Å²) in [6.45, 7) is 4.75. The molecule has 0 bridgehead atoms. The lowest BCUT2D eigenvalue weighted by Gasteiger charge is -2.10. The number of hydrogen-bond acceptors (Lipinski definition) is 3. The van der Waals surface area contributed by atoms with Gasteiger partial charge in [0.1, 0.15) is 5.76 Å². The fourth-order valence-electron chi connectivity index (χ4n) is 1.53. The average molecular weight is 295 g/mol. The molecule has 1 aromatic carbocycles. The number of nitrogens with one attached hydrogen (secondary N) is 1. The zero-order valence-corrected chi connectivity index (χ0v) is 11.5. The van der Waals surface area contributed by atoms with Gasteiger partial charge in [0.15, 0.2) is 0 Å². The molecule has 1 N–H and O–H groups in total. The smallest absolute Gasteiger partial charge is 0.211 e. The van der Waals surface area contributed by atoms with Crippen LogP contribution in [0.2, 0.25) is 0 Å². The van der Waals surface area contributed by atoms with E-state index in [9.17, 15) is 0 Å². The molecule has 1 heterocycles. The normalized spacial score (nSPS) is 12.6. The van der Waals surface area contributed by atoms with E-state index in [1.165, 1.54) is 5.56 Å². The standard InChI is InChI=1S/C13H15BrN2O/c1-9-7-16-13(17-9)10(2)15-8-11-3-5-12(14)6-4-11/h3-7,10,15H,8H2,1-2H3. The first-order valence-electron chi connectivity index (χ1n) is 5.55. The number of hydrogen-bond donors (Lipinski definition) is 1. The Labute approximate surface area is 109 Å². The Kier molecular flexibility index (Phi) is 3.97. The number of aryl methyl sites for hydroxylation is 1. The summed E-state index contributed by atoms with van der Waals surface area (Å²) < 4.78 is 6.57. The van der Waals surface area contributed by atoms with Gasteiger partial charge >= 0.3 is 0 Å². The SMILES string of the molecule is Cc1cnc(C(C)NCc2ccc(Br)cc2)o1. The quantitative estimate of drug-likeness (QED) is 0.936. The molecular weight excluding hydrogens is 280 g/mol. The third-order valence-electron chi connectivity index (χ3n) is 2.54. The molecule has 0 aliphatic carbocycles. The summed E-state index contributed by atoms with van der Waals surface area (Å²) in [4.78, 5) is 4.21. The molecule has 0 aliphatic heterocycles. The third kappa shape index (κ3) is 3.41. The number of aromatic nitrogens is 1. The minimum Gasteiger partial charge on any atom is -0.444 e. The Bertz CT molecular complexity index is 478. The fourth-order valence-corrected chi connectivity index (χ4v) is 1.80. The first-order valence-corrected chi connectivity index (χ1v) is 6.34. The molecule has 17 heavy (non-hydrogen) atoms. The van der Waals surface area contributed by atoms with Crippen molar-refractivity contribution in [1.29, 1.82) is 0 Å². The molecule has 3 nitrogen and oxygen atoms in total. The Balaban J connectivity index is 1.92. The summed E-state index contributed by atoms with van der Waals surface area (Å²) >= 11 is 3.42. The average Bonchev–Trinajstić information content (AvgIpc) is 2.75. The Morgan fingerprint density at radius 3 is 2.65 bits per heavy atom. The monoisotopic (exact) mass is 294 g/mol. The minimum atomic E-state index is 0.118. The van der Waals surface area contributed by atoms with Crippen LogP contribution in [0.25, 0.3) is 0 Å². The van der Waals surface area contributed by atoms with Crippen LogP contribution in [-0.2, 0) is 6.54 Å². The summed E-state index contributed by atoms with van der Waals surface area (Å²) in [5.74, 6) is 1.58. The van der Waals surface area contributed by atoms with E-state index in [1.54, 1.807) is 6.20 Å². The number of halogens is 1. The molecule has 0 radical (unpaired) electrons. The highest BCUT2D eigenvalue weighted by Gasteiger charge is 2.10. The van der Waals surface area contributed by atoms with Crippen LogP contribution in [0.15, 0.2) is 39.4 Å². The number of benzene rings is 1. The molecule has 0 saturated heterocycles. The van der Waals surface area contributed by atoms with Crippen molar-refractivity contribution in [2.75, 3.05) is 0 Å². The van der Waals surface area contributed by atoms with Crippen molar-refractivity contribution >= 4 is 15.9 Å². The molecule has 0 fully saturated rings. The maximum Gasteiger partial charge on any atom is 0.211 e. The number of rotatable bonds is 4. The predicted molar refractivity (Wildman–Crippen MR) is 70.6 cm³/mol. The Morgan fingerprint density at radius 1 is 1.35 bits per heavy atom. The van der Waals surface area contributed by atoms with E-state index >= 15 is 0 Å². The van der Waals surface area contributed by atoms with Crippen LogP contribution in [0.5, 0.6) is 0 Å². The fraction of sp³-hybridized carbons (Fsp3) is 0.308. The second-order valence-corrected chi connectivity index (χ2v) is 4.95. The lowest BCUT2D eigenvalue weighted by Crippen LogP contribution is -2.18. The second-order valence-electron chi connectivity index (χ2n) is 4.04. The molecule has 4 heteroatoms. The molecule has 1 unspecified atom stereocenters. The van der Waals surface area contributed by atoms with Crippen molar-refractivity contribution in [2.45, 2.75) is 26.4 Å². The van der Waals surface area contributed by atoms with Gasteiger partial charge in [-0.25, -0.2) is 4.98 Å². The first kappa shape index (κ1) is 12.3. The molecule has 0 saturated carbocycles. The lowest BCUT2D eigenvalue weighted by atomic mass is 10.2. The number of nitrogens with zero attached hydrogens (tertiary/aromatic N) is 1. The summed E-state index contributed by atoms with van der Waals surface area (Å²) in [6, 6.07) is 8.37.